The van der Waals surface area contributed by atoms with Gasteiger partial charge in [-0.2, -0.15) is 0 Å². The maximum absolute atomic E-state index is 13.5. The maximum atomic E-state index is 13.5. The number of amides is 1. The SMILES string of the molecule is CC(C)CNC(=O)C(C)Oc1c(N)cccc1F. The number of nitrogens with one attached hydrogen (secondary N) is 1. The molecule has 0 saturated heterocycles. The molecule has 0 aliphatic rings. The van der Waals surface area contributed by atoms with E-state index in [4.69, 9.17) is 10.5 Å². The van der Waals surface area contributed by atoms with Crippen LogP contribution in [0, 0.1) is 11.7 Å². The Kier molecular flexibility index (Phi) is 4.95. The summed E-state index contributed by atoms with van der Waals surface area (Å²) in [6.45, 7) is 6.09. The van der Waals surface area contributed by atoms with Crippen molar-refractivity contribution in [3.63, 3.8) is 0 Å². The Hall–Kier alpha value is -1.78. The van der Waals surface area contributed by atoms with Crippen molar-refractivity contribution in [1.82, 2.24) is 5.32 Å². The van der Waals surface area contributed by atoms with E-state index in [0.717, 1.165) is 0 Å². The highest BCUT2D eigenvalue weighted by atomic mass is 19.1. The molecule has 5 heteroatoms. The molecule has 0 aliphatic carbocycles. The average molecular weight is 254 g/mol. The van der Waals surface area contributed by atoms with Crippen LogP contribution in [0.2, 0.25) is 0 Å². The molecule has 4 nitrogen and oxygen atoms in total. The third-order valence-electron chi connectivity index (χ3n) is 2.35. The van der Waals surface area contributed by atoms with Gasteiger partial charge in [-0.1, -0.05) is 19.9 Å². The fourth-order valence-electron chi connectivity index (χ4n) is 1.33. The van der Waals surface area contributed by atoms with Gasteiger partial charge < -0.3 is 15.8 Å². The van der Waals surface area contributed by atoms with Crippen molar-refractivity contribution in [3.8, 4) is 5.75 Å². The normalized spacial score (nSPS) is 12.3. The number of anilines is 1. The molecule has 100 valence electrons. The van der Waals surface area contributed by atoms with Crippen molar-refractivity contribution < 1.29 is 13.9 Å². The van der Waals surface area contributed by atoms with Gasteiger partial charge in [0.05, 0.1) is 5.69 Å². The number of hydrogen-bond donors (Lipinski definition) is 2. The molecule has 3 N–H and O–H groups in total. The number of hydrogen-bond acceptors (Lipinski definition) is 3. The quantitative estimate of drug-likeness (QED) is 0.789. The fourth-order valence-corrected chi connectivity index (χ4v) is 1.33. The summed E-state index contributed by atoms with van der Waals surface area (Å²) in [5, 5.41) is 2.71. The van der Waals surface area contributed by atoms with Crippen LogP contribution in [0.5, 0.6) is 5.75 Å². The molecule has 0 radical (unpaired) electrons. The first-order valence-corrected chi connectivity index (χ1v) is 5.90. The lowest BCUT2D eigenvalue weighted by atomic mass is 10.2. The van der Waals surface area contributed by atoms with E-state index >= 15 is 0 Å². The van der Waals surface area contributed by atoms with Crippen molar-refractivity contribution in [3.05, 3.63) is 24.0 Å². The van der Waals surface area contributed by atoms with Gasteiger partial charge in [0.2, 0.25) is 0 Å². The molecule has 1 amide bonds. The Labute approximate surface area is 106 Å². The number of benzene rings is 1. The number of nitrogens with two attached hydrogens (primary N) is 1. The number of ether oxygens (including phenoxy) is 1. The van der Waals surface area contributed by atoms with Crippen LogP contribution in [-0.2, 0) is 4.79 Å². The van der Waals surface area contributed by atoms with Crippen LogP contribution in [0.3, 0.4) is 0 Å². The van der Waals surface area contributed by atoms with Crippen molar-refractivity contribution in [2.75, 3.05) is 12.3 Å². The fraction of sp³-hybridized carbons (Fsp3) is 0.462. The Morgan fingerprint density at radius 3 is 2.67 bits per heavy atom. The molecule has 1 rings (SSSR count). The molecule has 0 heterocycles. The van der Waals surface area contributed by atoms with E-state index in [9.17, 15) is 9.18 Å². The summed E-state index contributed by atoms with van der Waals surface area (Å²) in [5.74, 6) is -0.589. The van der Waals surface area contributed by atoms with Gasteiger partial charge in [-0.05, 0) is 25.0 Å². The second-order valence-corrected chi connectivity index (χ2v) is 4.56. The first kappa shape index (κ1) is 14.3. The van der Waals surface area contributed by atoms with E-state index in [1.807, 2.05) is 13.8 Å². The minimum atomic E-state index is -0.789. The van der Waals surface area contributed by atoms with Crippen LogP contribution in [0.25, 0.3) is 0 Å². The summed E-state index contributed by atoms with van der Waals surface area (Å²) in [4.78, 5) is 11.7. The van der Waals surface area contributed by atoms with Crippen LogP contribution in [0.4, 0.5) is 10.1 Å². The summed E-state index contributed by atoms with van der Waals surface area (Å²) in [5.41, 5.74) is 5.77. The Morgan fingerprint density at radius 2 is 2.11 bits per heavy atom. The first-order chi connectivity index (χ1) is 8.41. The lowest BCUT2D eigenvalue weighted by Gasteiger charge is -2.17. The highest BCUT2D eigenvalue weighted by molar-refractivity contribution is 5.80. The smallest absolute Gasteiger partial charge is 0.260 e. The van der Waals surface area contributed by atoms with E-state index in [1.54, 1.807) is 6.92 Å². The van der Waals surface area contributed by atoms with Gasteiger partial charge >= 0.3 is 0 Å². The van der Waals surface area contributed by atoms with Crippen molar-refractivity contribution in [2.45, 2.75) is 26.9 Å². The van der Waals surface area contributed by atoms with E-state index in [2.05, 4.69) is 5.32 Å². The van der Waals surface area contributed by atoms with E-state index in [0.29, 0.717) is 12.5 Å². The summed E-state index contributed by atoms with van der Waals surface area (Å²) in [6, 6.07) is 4.25. The molecule has 1 aromatic rings. The lowest BCUT2D eigenvalue weighted by Crippen LogP contribution is -2.38. The number of halogens is 1. The summed E-state index contributed by atoms with van der Waals surface area (Å²) >= 11 is 0. The zero-order chi connectivity index (χ0) is 13.7. The minimum absolute atomic E-state index is 0.0790. The largest absolute Gasteiger partial charge is 0.476 e. The van der Waals surface area contributed by atoms with Gasteiger partial charge in [-0.15, -0.1) is 0 Å². The molecule has 18 heavy (non-hydrogen) atoms. The molecule has 0 aliphatic heterocycles. The second kappa shape index (κ2) is 6.23. The summed E-state index contributed by atoms with van der Waals surface area (Å²) in [6.07, 6.45) is -0.789. The second-order valence-electron chi connectivity index (χ2n) is 4.56. The van der Waals surface area contributed by atoms with Gasteiger partial charge in [0.25, 0.3) is 5.91 Å². The molecular formula is C13H19FN2O2. The average Bonchev–Trinajstić information content (AvgIpc) is 2.30. The van der Waals surface area contributed by atoms with Crippen LogP contribution in [0.15, 0.2) is 18.2 Å². The van der Waals surface area contributed by atoms with E-state index < -0.39 is 11.9 Å². The molecule has 1 unspecified atom stereocenters. The third kappa shape index (κ3) is 3.91. The zero-order valence-electron chi connectivity index (χ0n) is 10.9. The number of nitrogen functional groups attached to an aromatic ring is 1. The monoisotopic (exact) mass is 254 g/mol. The van der Waals surface area contributed by atoms with Crippen molar-refractivity contribution in [2.24, 2.45) is 5.92 Å². The predicted octanol–water partition coefficient (Wildman–Crippen LogP) is 1.95. The standard InChI is InChI=1S/C13H19FN2O2/c1-8(2)7-16-13(17)9(3)18-12-10(14)5-4-6-11(12)15/h4-6,8-9H,7,15H2,1-3H3,(H,16,17). The topological polar surface area (TPSA) is 64.3 Å². The van der Waals surface area contributed by atoms with Crippen molar-refractivity contribution in [1.29, 1.82) is 0 Å². The molecule has 0 saturated carbocycles. The van der Waals surface area contributed by atoms with E-state index in [-0.39, 0.29) is 17.3 Å². The summed E-state index contributed by atoms with van der Waals surface area (Å²) in [7, 11) is 0. The number of rotatable bonds is 5. The molecule has 1 aromatic carbocycles. The molecule has 0 aromatic heterocycles. The maximum Gasteiger partial charge on any atom is 0.260 e. The van der Waals surface area contributed by atoms with Crippen molar-refractivity contribution >= 4 is 11.6 Å². The first-order valence-electron chi connectivity index (χ1n) is 5.90. The Bertz CT molecular complexity index is 401. The van der Waals surface area contributed by atoms with E-state index in [1.165, 1.54) is 18.2 Å². The highest BCUT2D eigenvalue weighted by Crippen LogP contribution is 2.25. The van der Waals surface area contributed by atoms with Crippen LogP contribution in [0.1, 0.15) is 20.8 Å². The molecule has 0 bridgehead atoms. The van der Waals surface area contributed by atoms with Crippen LogP contribution >= 0.6 is 0 Å². The highest BCUT2D eigenvalue weighted by Gasteiger charge is 2.18. The van der Waals surface area contributed by atoms with Gasteiger partial charge in [0, 0.05) is 6.54 Å². The number of para-hydroxylation sites is 1. The van der Waals surface area contributed by atoms with Gasteiger partial charge in [0.15, 0.2) is 17.7 Å². The molecule has 1 atom stereocenters. The molecular weight excluding hydrogens is 235 g/mol. The Morgan fingerprint density at radius 1 is 1.44 bits per heavy atom. The zero-order valence-corrected chi connectivity index (χ0v) is 10.9. The van der Waals surface area contributed by atoms with Crippen LogP contribution < -0.4 is 15.8 Å². The van der Waals surface area contributed by atoms with Gasteiger partial charge in [-0.3, -0.25) is 4.79 Å². The van der Waals surface area contributed by atoms with Crippen LogP contribution in [-0.4, -0.2) is 18.6 Å². The van der Waals surface area contributed by atoms with Gasteiger partial charge in [0.1, 0.15) is 0 Å². The minimum Gasteiger partial charge on any atom is -0.476 e. The lowest BCUT2D eigenvalue weighted by molar-refractivity contribution is -0.127. The molecule has 0 spiro atoms. The summed E-state index contributed by atoms with van der Waals surface area (Å²) < 4.78 is 18.7. The molecule has 0 fully saturated rings. The number of carbonyl (C=O) groups is 1. The Balaban J connectivity index is 2.64. The number of carbonyl (C=O) groups excluding carboxylic acids is 1. The predicted molar refractivity (Wildman–Crippen MR) is 68.8 cm³/mol. The van der Waals surface area contributed by atoms with Gasteiger partial charge in [-0.25, -0.2) is 4.39 Å². The third-order valence-corrected chi connectivity index (χ3v) is 2.35.